The van der Waals surface area contributed by atoms with Crippen molar-refractivity contribution in [1.82, 2.24) is 4.98 Å². The van der Waals surface area contributed by atoms with Crippen LogP contribution in [0.15, 0.2) is 57.4 Å². The van der Waals surface area contributed by atoms with E-state index in [-0.39, 0.29) is 5.75 Å². The predicted molar refractivity (Wildman–Crippen MR) is 77.5 cm³/mol. The molecule has 0 aliphatic heterocycles. The molecule has 1 N–H and O–H groups in total. The van der Waals surface area contributed by atoms with Crippen molar-refractivity contribution in [2.75, 3.05) is 0 Å². The lowest BCUT2D eigenvalue weighted by atomic mass is 10.3. The van der Waals surface area contributed by atoms with Crippen LogP contribution in [0.2, 0.25) is 0 Å². The molecule has 19 heavy (non-hydrogen) atoms. The number of thiophene rings is 1. The molecule has 0 unspecified atom stereocenters. The van der Waals surface area contributed by atoms with E-state index in [0.29, 0.717) is 5.89 Å². The van der Waals surface area contributed by atoms with Crippen LogP contribution in [-0.2, 0) is 5.75 Å². The van der Waals surface area contributed by atoms with Gasteiger partial charge in [-0.05, 0) is 35.7 Å². The molecule has 96 valence electrons. The molecule has 0 aliphatic rings. The minimum Gasteiger partial charge on any atom is -0.508 e. The number of thioether (sulfide) groups is 1. The zero-order valence-corrected chi connectivity index (χ0v) is 11.6. The highest BCUT2D eigenvalue weighted by Crippen LogP contribution is 2.27. The third-order valence-corrected chi connectivity index (χ3v) is 4.41. The Morgan fingerprint density at radius 1 is 1.21 bits per heavy atom. The lowest BCUT2D eigenvalue weighted by molar-refractivity contribution is 0.475. The molecule has 5 heteroatoms. The van der Waals surface area contributed by atoms with Gasteiger partial charge in [-0.1, -0.05) is 6.07 Å². The number of benzene rings is 1. The minimum atomic E-state index is 0.283. The predicted octanol–water partition coefficient (Wildman–Crippen LogP) is 4.40. The van der Waals surface area contributed by atoms with E-state index in [2.05, 4.69) is 4.98 Å². The second-order valence-electron chi connectivity index (χ2n) is 3.90. The molecule has 0 saturated carbocycles. The third kappa shape index (κ3) is 3.00. The number of phenols is 1. The molecule has 3 nitrogen and oxygen atoms in total. The third-order valence-electron chi connectivity index (χ3n) is 2.51. The first kappa shape index (κ1) is 12.3. The fourth-order valence-corrected chi connectivity index (χ4v) is 3.02. The van der Waals surface area contributed by atoms with E-state index in [9.17, 15) is 5.11 Å². The Balaban J connectivity index is 1.66. The van der Waals surface area contributed by atoms with Crippen LogP contribution < -0.4 is 0 Å². The SMILES string of the molecule is Oc1ccc(SCc2coc(-c3cccs3)n2)cc1. The van der Waals surface area contributed by atoms with Gasteiger partial charge in [0.25, 0.3) is 0 Å². The van der Waals surface area contributed by atoms with Crippen molar-refractivity contribution in [3.63, 3.8) is 0 Å². The number of nitrogens with zero attached hydrogens (tertiary/aromatic N) is 1. The average Bonchev–Trinajstić information content (AvgIpc) is 3.09. The second kappa shape index (κ2) is 5.50. The van der Waals surface area contributed by atoms with Gasteiger partial charge < -0.3 is 9.52 Å². The molecular formula is C14H11NO2S2. The number of oxazole rings is 1. The number of rotatable bonds is 4. The van der Waals surface area contributed by atoms with Gasteiger partial charge in [0.05, 0.1) is 10.6 Å². The summed E-state index contributed by atoms with van der Waals surface area (Å²) in [6.07, 6.45) is 1.70. The van der Waals surface area contributed by atoms with E-state index in [0.717, 1.165) is 21.2 Å². The van der Waals surface area contributed by atoms with Gasteiger partial charge in [-0.15, -0.1) is 23.1 Å². The molecule has 0 amide bonds. The topological polar surface area (TPSA) is 46.3 Å². The smallest absolute Gasteiger partial charge is 0.236 e. The van der Waals surface area contributed by atoms with Gasteiger partial charge in [-0.3, -0.25) is 0 Å². The summed E-state index contributed by atoms with van der Waals surface area (Å²) >= 11 is 3.28. The van der Waals surface area contributed by atoms with Crippen molar-refractivity contribution in [2.45, 2.75) is 10.6 Å². The van der Waals surface area contributed by atoms with Crippen molar-refractivity contribution in [3.8, 4) is 16.5 Å². The number of hydrogen-bond donors (Lipinski definition) is 1. The second-order valence-corrected chi connectivity index (χ2v) is 5.90. The Labute approximate surface area is 118 Å². The molecule has 0 radical (unpaired) electrons. The summed E-state index contributed by atoms with van der Waals surface area (Å²) in [5.74, 6) is 1.71. The minimum absolute atomic E-state index is 0.283. The Bertz CT molecular complexity index is 644. The largest absolute Gasteiger partial charge is 0.508 e. The van der Waals surface area contributed by atoms with Crippen LogP contribution >= 0.6 is 23.1 Å². The van der Waals surface area contributed by atoms with E-state index >= 15 is 0 Å². The maximum atomic E-state index is 9.22. The van der Waals surface area contributed by atoms with Gasteiger partial charge in [-0.25, -0.2) is 4.98 Å². The first-order valence-electron chi connectivity index (χ1n) is 5.71. The zero-order valence-electron chi connectivity index (χ0n) is 9.95. The number of hydrogen-bond acceptors (Lipinski definition) is 5. The van der Waals surface area contributed by atoms with Gasteiger partial charge in [0.1, 0.15) is 12.0 Å². The molecule has 3 rings (SSSR count). The highest BCUT2D eigenvalue weighted by molar-refractivity contribution is 7.98. The Kier molecular flexibility index (Phi) is 3.57. The molecule has 0 spiro atoms. The van der Waals surface area contributed by atoms with Crippen molar-refractivity contribution >= 4 is 23.1 Å². The lowest BCUT2D eigenvalue weighted by Crippen LogP contribution is -1.80. The molecule has 3 aromatic rings. The van der Waals surface area contributed by atoms with Gasteiger partial charge in [-0.2, -0.15) is 0 Å². The standard InChI is InChI=1S/C14H11NO2S2/c16-11-3-5-12(6-4-11)19-9-10-8-17-14(15-10)13-2-1-7-18-13/h1-8,16H,9H2. The number of aromatic hydroxyl groups is 1. The summed E-state index contributed by atoms with van der Waals surface area (Å²) in [6, 6.07) is 11.1. The van der Waals surface area contributed by atoms with E-state index in [1.807, 2.05) is 29.6 Å². The van der Waals surface area contributed by atoms with Gasteiger partial charge >= 0.3 is 0 Å². The summed E-state index contributed by atoms with van der Waals surface area (Å²) in [6.45, 7) is 0. The molecule has 0 saturated heterocycles. The van der Waals surface area contributed by atoms with Gasteiger partial charge in [0.15, 0.2) is 0 Å². The summed E-state index contributed by atoms with van der Waals surface area (Å²) in [7, 11) is 0. The van der Waals surface area contributed by atoms with Crippen molar-refractivity contribution in [3.05, 3.63) is 53.7 Å². The van der Waals surface area contributed by atoms with Crippen LogP contribution in [-0.4, -0.2) is 10.1 Å². The summed E-state index contributed by atoms with van der Waals surface area (Å²) in [5.41, 5.74) is 0.918. The Morgan fingerprint density at radius 2 is 2.05 bits per heavy atom. The maximum absolute atomic E-state index is 9.22. The van der Waals surface area contributed by atoms with Crippen LogP contribution in [0.1, 0.15) is 5.69 Å². The average molecular weight is 289 g/mol. The Morgan fingerprint density at radius 3 is 2.79 bits per heavy atom. The number of phenolic OH excluding ortho intramolecular Hbond substituents is 1. The number of aromatic nitrogens is 1. The zero-order chi connectivity index (χ0) is 13.1. The van der Waals surface area contributed by atoms with E-state index in [4.69, 9.17) is 4.42 Å². The van der Waals surface area contributed by atoms with Crippen molar-refractivity contribution in [2.24, 2.45) is 0 Å². The maximum Gasteiger partial charge on any atom is 0.236 e. The van der Waals surface area contributed by atoms with E-state index in [1.54, 1.807) is 41.5 Å². The van der Waals surface area contributed by atoms with Gasteiger partial charge in [0, 0.05) is 10.6 Å². The molecule has 0 atom stereocenters. The Hall–Kier alpha value is -1.72. The van der Waals surface area contributed by atoms with Crippen LogP contribution in [0.25, 0.3) is 10.8 Å². The monoisotopic (exact) mass is 289 g/mol. The molecule has 0 fully saturated rings. The van der Waals surface area contributed by atoms with Crippen molar-refractivity contribution < 1.29 is 9.52 Å². The summed E-state index contributed by atoms with van der Waals surface area (Å²) in [4.78, 5) is 6.60. The first-order chi connectivity index (χ1) is 9.31. The van der Waals surface area contributed by atoms with Crippen molar-refractivity contribution in [1.29, 1.82) is 0 Å². The summed E-state index contributed by atoms with van der Waals surface area (Å²) < 4.78 is 5.46. The molecule has 2 aromatic heterocycles. The highest BCUT2D eigenvalue weighted by atomic mass is 32.2. The molecule has 0 bridgehead atoms. The van der Waals surface area contributed by atoms with Crippen LogP contribution in [0, 0.1) is 0 Å². The molecule has 0 aliphatic carbocycles. The van der Waals surface area contributed by atoms with Crippen LogP contribution in [0.3, 0.4) is 0 Å². The fraction of sp³-hybridized carbons (Fsp3) is 0.0714. The summed E-state index contributed by atoms with van der Waals surface area (Å²) in [5, 5.41) is 11.2. The van der Waals surface area contributed by atoms with E-state index in [1.165, 1.54) is 0 Å². The first-order valence-corrected chi connectivity index (χ1v) is 7.58. The molecule has 1 aromatic carbocycles. The lowest BCUT2D eigenvalue weighted by Gasteiger charge is -1.98. The molecular weight excluding hydrogens is 278 g/mol. The highest BCUT2D eigenvalue weighted by Gasteiger charge is 2.07. The quantitative estimate of drug-likeness (QED) is 0.723. The van der Waals surface area contributed by atoms with E-state index < -0.39 is 0 Å². The van der Waals surface area contributed by atoms with Crippen LogP contribution in [0.4, 0.5) is 0 Å². The fourth-order valence-electron chi connectivity index (χ4n) is 1.59. The van der Waals surface area contributed by atoms with Crippen LogP contribution in [0.5, 0.6) is 5.75 Å². The normalized spacial score (nSPS) is 10.7. The van der Waals surface area contributed by atoms with Gasteiger partial charge in [0.2, 0.25) is 5.89 Å². The molecule has 2 heterocycles.